The zero-order valence-corrected chi connectivity index (χ0v) is 11.8. The van der Waals surface area contributed by atoms with Gasteiger partial charge < -0.3 is 20.5 Å². The predicted octanol–water partition coefficient (Wildman–Crippen LogP) is 1.89. The van der Waals surface area contributed by atoms with Crippen LogP contribution in [0.5, 0.6) is 0 Å². The lowest BCUT2D eigenvalue weighted by Crippen LogP contribution is -2.10. The van der Waals surface area contributed by atoms with Gasteiger partial charge in [-0.05, 0) is 6.92 Å². The molecule has 1 aromatic heterocycles. The zero-order valence-electron chi connectivity index (χ0n) is 11.0. The molecule has 1 heterocycles. The number of rotatable bonds is 5. The fourth-order valence-corrected chi connectivity index (χ4v) is 2.37. The fourth-order valence-electron chi connectivity index (χ4n) is 1.35. The quantitative estimate of drug-likeness (QED) is 0.634. The molecule has 0 spiro atoms. The standard InChI is InChI=1S/C12H16N2O4S/c1-6(2)5-14-10-7(11(15)17-3)8(13)9(19-10)12(16)18-4/h14H,1,5,13H2,2-4H3. The van der Waals surface area contributed by atoms with E-state index in [4.69, 9.17) is 5.73 Å². The molecule has 6 nitrogen and oxygen atoms in total. The summed E-state index contributed by atoms with van der Waals surface area (Å²) in [4.78, 5) is 23.4. The number of thiophene rings is 1. The Morgan fingerprint density at radius 3 is 2.37 bits per heavy atom. The third-order valence-corrected chi connectivity index (χ3v) is 3.40. The van der Waals surface area contributed by atoms with E-state index in [1.807, 2.05) is 6.92 Å². The van der Waals surface area contributed by atoms with Crippen LogP contribution in [-0.4, -0.2) is 32.7 Å². The van der Waals surface area contributed by atoms with E-state index in [1.165, 1.54) is 14.2 Å². The van der Waals surface area contributed by atoms with Crippen molar-refractivity contribution < 1.29 is 19.1 Å². The summed E-state index contributed by atoms with van der Waals surface area (Å²) in [5.74, 6) is -1.19. The maximum absolute atomic E-state index is 11.7. The SMILES string of the molecule is C=C(C)CNc1sc(C(=O)OC)c(N)c1C(=O)OC. The summed E-state index contributed by atoms with van der Waals surface area (Å²) >= 11 is 1.05. The van der Waals surface area contributed by atoms with Gasteiger partial charge in [0.25, 0.3) is 0 Å². The second kappa shape index (κ2) is 6.24. The molecular formula is C12H16N2O4S. The van der Waals surface area contributed by atoms with Gasteiger partial charge in [0.1, 0.15) is 15.4 Å². The molecular weight excluding hydrogens is 268 g/mol. The number of ether oxygens (including phenoxy) is 2. The second-order valence-corrected chi connectivity index (χ2v) is 4.86. The number of methoxy groups -OCH3 is 2. The number of esters is 2. The molecule has 7 heteroatoms. The van der Waals surface area contributed by atoms with Crippen LogP contribution in [0.15, 0.2) is 12.2 Å². The first kappa shape index (κ1) is 15.0. The summed E-state index contributed by atoms with van der Waals surface area (Å²) in [6.07, 6.45) is 0. The van der Waals surface area contributed by atoms with Crippen molar-refractivity contribution in [2.24, 2.45) is 0 Å². The highest BCUT2D eigenvalue weighted by Gasteiger charge is 2.26. The Bertz CT molecular complexity index is 522. The smallest absolute Gasteiger partial charge is 0.350 e. The van der Waals surface area contributed by atoms with Gasteiger partial charge in [0.05, 0.1) is 19.9 Å². The van der Waals surface area contributed by atoms with E-state index in [0.29, 0.717) is 11.5 Å². The van der Waals surface area contributed by atoms with Crippen LogP contribution < -0.4 is 11.1 Å². The molecule has 0 fully saturated rings. The highest BCUT2D eigenvalue weighted by atomic mass is 32.1. The maximum atomic E-state index is 11.7. The summed E-state index contributed by atoms with van der Waals surface area (Å²) in [6.45, 7) is 6.05. The number of nitrogen functional groups attached to an aromatic ring is 1. The van der Waals surface area contributed by atoms with Crippen LogP contribution in [0.1, 0.15) is 27.0 Å². The van der Waals surface area contributed by atoms with Crippen LogP contribution in [-0.2, 0) is 9.47 Å². The number of carbonyl (C=O) groups excluding carboxylic acids is 2. The fraction of sp³-hybridized carbons (Fsp3) is 0.333. The molecule has 0 atom stereocenters. The highest BCUT2D eigenvalue weighted by Crippen LogP contribution is 2.36. The molecule has 0 aliphatic rings. The first-order valence-electron chi connectivity index (χ1n) is 5.39. The van der Waals surface area contributed by atoms with Gasteiger partial charge in [0.2, 0.25) is 0 Å². The van der Waals surface area contributed by atoms with E-state index in [2.05, 4.69) is 21.4 Å². The van der Waals surface area contributed by atoms with E-state index in [0.717, 1.165) is 16.9 Å². The molecule has 0 aliphatic carbocycles. The van der Waals surface area contributed by atoms with E-state index in [9.17, 15) is 9.59 Å². The lowest BCUT2D eigenvalue weighted by molar-refractivity contribution is 0.0602. The summed E-state index contributed by atoms with van der Waals surface area (Å²) < 4.78 is 9.28. The summed E-state index contributed by atoms with van der Waals surface area (Å²) in [5.41, 5.74) is 6.90. The van der Waals surface area contributed by atoms with Gasteiger partial charge in [-0.25, -0.2) is 9.59 Å². The van der Waals surface area contributed by atoms with Crippen molar-refractivity contribution in [3.63, 3.8) is 0 Å². The molecule has 1 aromatic rings. The van der Waals surface area contributed by atoms with Gasteiger partial charge in [0, 0.05) is 6.54 Å². The third kappa shape index (κ3) is 3.25. The van der Waals surface area contributed by atoms with Gasteiger partial charge in [-0.15, -0.1) is 11.3 Å². The van der Waals surface area contributed by atoms with Gasteiger partial charge in [-0.1, -0.05) is 12.2 Å². The van der Waals surface area contributed by atoms with Crippen molar-refractivity contribution in [1.82, 2.24) is 0 Å². The Kier molecular flexibility index (Phi) is 4.94. The van der Waals surface area contributed by atoms with Crippen molar-refractivity contribution in [3.8, 4) is 0 Å². The van der Waals surface area contributed by atoms with Crippen LogP contribution in [0.4, 0.5) is 10.7 Å². The van der Waals surface area contributed by atoms with E-state index in [-0.39, 0.29) is 16.1 Å². The molecule has 104 valence electrons. The Morgan fingerprint density at radius 2 is 1.89 bits per heavy atom. The summed E-state index contributed by atoms with van der Waals surface area (Å²) in [5, 5.41) is 3.46. The van der Waals surface area contributed by atoms with Crippen LogP contribution in [0.25, 0.3) is 0 Å². The van der Waals surface area contributed by atoms with Gasteiger partial charge in [-0.3, -0.25) is 0 Å². The first-order chi connectivity index (χ1) is 8.92. The Morgan fingerprint density at radius 1 is 1.32 bits per heavy atom. The topological polar surface area (TPSA) is 90.6 Å². The lowest BCUT2D eigenvalue weighted by atomic mass is 10.2. The summed E-state index contributed by atoms with van der Waals surface area (Å²) in [7, 11) is 2.50. The maximum Gasteiger partial charge on any atom is 0.350 e. The van der Waals surface area contributed by atoms with Crippen LogP contribution in [0.3, 0.4) is 0 Å². The average molecular weight is 284 g/mol. The minimum absolute atomic E-state index is 0.0629. The van der Waals surface area contributed by atoms with Crippen LogP contribution >= 0.6 is 11.3 Å². The molecule has 19 heavy (non-hydrogen) atoms. The van der Waals surface area contributed by atoms with Gasteiger partial charge >= 0.3 is 11.9 Å². The van der Waals surface area contributed by atoms with Crippen LogP contribution in [0, 0.1) is 0 Å². The molecule has 0 radical (unpaired) electrons. The van der Waals surface area contributed by atoms with Gasteiger partial charge in [-0.2, -0.15) is 0 Å². The number of carbonyl (C=O) groups is 2. The van der Waals surface area contributed by atoms with Crippen molar-refractivity contribution in [1.29, 1.82) is 0 Å². The Labute approximate surface area is 115 Å². The monoisotopic (exact) mass is 284 g/mol. The molecule has 0 saturated carbocycles. The van der Waals surface area contributed by atoms with Gasteiger partial charge in [0.15, 0.2) is 0 Å². The second-order valence-electron chi connectivity index (χ2n) is 3.84. The lowest BCUT2D eigenvalue weighted by Gasteiger charge is -2.06. The normalized spacial score (nSPS) is 9.84. The average Bonchev–Trinajstić information content (AvgIpc) is 2.71. The number of anilines is 2. The molecule has 0 saturated heterocycles. The number of hydrogen-bond donors (Lipinski definition) is 2. The molecule has 0 unspecified atom stereocenters. The van der Waals surface area contributed by atoms with Crippen molar-refractivity contribution in [2.45, 2.75) is 6.92 Å². The zero-order chi connectivity index (χ0) is 14.6. The number of hydrogen-bond acceptors (Lipinski definition) is 7. The Balaban J connectivity index is 3.23. The van der Waals surface area contributed by atoms with Crippen molar-refractivity contribution in [3.05, 3.63) is 22.6 Å². The van der Waals surface area contributed by atoms with Crippen LogP contribution in [0.2, 0.25) is 0 Å². The number of nitrogens with one attached hydrogen (secondary N) is 1. The van der Waals surface area contributed by atoms with Crippen molar-refractivity contribution >= 4 is 34.0 Å². The van der Waals surface area contributed by atoms with Crippen molar-refractivity contribution in [2.75, 3.05) is 31.8 Å². The molecule has 0 bridgehead atoms. The van der Waals surface area contributed by atoms with E-state index >= 15 is 0 Å². The molecule has 0 aromatic carbocycles. The van der Waals surface area contributed by atoms with E-state index in [1.54, 1.807) is 0 Å². The summed E-state index contributed by atoms with van der Waals surface area (Å²) in [6, 6.07) is 0. The van der Waals surface area contributed by atoms with E-state index < -0.39 is 11.9 Å². The minimum atomic E-state index is -0.604. The Hall–Kier alpha value is -2.02. The first-order valence-corrected chi connectivity index (χ1v) is 6.21. The molecule has 0 amide bonds. The number of nitrogens with two attached hydrogens (primary N) is 1. The molecule has 1 rings (SSSR count). The molecule has 3 N–H and O–H groups in total. The molecule has 0 aliphatic heterocycles. The predicted molar refractivity (Wildman–Crippen MR) is 74.7 cm³/mol. The minimum Gasteiger partial charge on any atom is -0.465 e. The highest BCUT2D eigenvalue weighted by molar-refractivity contribution is 7.19. The third-order valence-electron chi connectivity index (χ3n) is 2.26. The largest absolute Gasteiger partial charge is 0.465 e.